The topological polar surface area (TPSA) is 74.0 Å². The molecule has 0 bridgehead atoms. The first kappa shape index (κ1) is 12.8. The fourth-order valence-electron chi connectivity index (χ4n) is 1.52. The second-order valence-corrected chi connectivity index (χ2v) is 3.94. The van der Waals surface area contributed by atoms with E-state index in [-0.39, 0.29) is 5.91 Å². The number of aliphatic imine (C=N–C) groups is 1. The lowest BCUT2D eigenvalue weighted by Gasteiger charge is -2.33. The fraction of sp³-hybridized carbons (Fsp3) is 0.800. The molecule has 1 aliphatic rings. The van der Waals surface area contributed by atoms with Crippen LogP contribution in [0.1, 0.15) is 19.8 Å². The normalized spacial score (nSPS) is 17.9. The van der Waals surface area contributed by atoms with E-state index in [9.17, 15) is 4.79 Å². The number of hydrogen-bond donors (Lipinski definition) is 2. The summed E-state index contributed by atoms with van der Waals surface area (Å²) in [5.74, 6) is 6.14. The molecule has 0 unspecified atom stereocenters. The Morgan fingerprint density at radius 3 is 2.88 bits per heavy atom. The largest absolute Gasteiger partial charge is 0.342 e. The minimum absolute atomic E-state index is 0.102. The minimum atomic E-state index is 0.102. The van der Waals surface area contributed by atoms with Gasteiger partial charge in [0.1, 0.15) is 0 Å². The van der Waals surface area contributed by atoms with Crippen molar-refractivity contribution < 1.29 is 4.79 Å². The lowest BCUT2D eigenvalue weighted by Crippen LogP contribution is -2.55. The first-order valence-electron chi connectivity index (χ1n) is 5.69. The molecule has 3 N–H and O–H groups in total. The van der Waals surface area contributed by atoms with Crippen molar-refractivity contribution in [2.24, 2.45) is 10.8 Å². The van der Waals surface area contributed by atoms with E-state index >= 15 is 0 Å². The van der Waals surface area contributed by atoms with Crippen molar-refractivity contribution in [3.63, 3.8) is 0 Å². The van der Waals surface area contributed by atoms with E-state index < -0.39 is 0 Å². The Morgan fingerprint density at radius 2 is 2.31 bits per heavy atom. The highest BCUT2D eigenvalue weighted by Crippen LogP contribution is 2.01. The van der Waals surface area contributed by atoms with E-state index in [0.29, 0.717) is 19.0 Å². The van der Waals surface area contributed by atoms with Gasteiger partial charge in [-0.25, -0.2) is 5.84 Å². The number of amides is 1. The maximum atomic E-state index is 11.5. The molecule has 1 fully saturated rings. The van der Waals surface area contributed by atoms with Gasteiger partial charge in [0.2, 0.25) is 11.9 Å². The number of carbonyl (C=O) groups excluding carboxylic acids is 1. The number of nitrogens with one attached hydrogen (secondary N) is 1. The van der Waals surface area contributed by atoms with Crippen LogP contribution < -0.4 is 11.3 Å². The van der Waals surface area contributed by atoms with Crippen LogP contribution in [0.25, 0.3) is 0 Å². The maximum Gasteiger partial charge on any atom is 0.242 e. The van der Waals surface area contributed by atoms with Crippen molar-refractivity contribution in [1.82, 2.24) is 15.2 Å². The average molecular weight is 227 g/mol. The SMILES string of the molecule is CCCCN=C(NN)N1CCN(C)C(=O)C1. The Bertz CT molecular complexity index is 266. The zero-order chi connectivity index (χ0) is 12.0. The molecule has 6 nitrogen and oxygen atoms in total. The fourth-order valence-corrected chi connectivity index (χ4v) is 1.52. The summed E-state index contributed by atoms with van der Waals surface area (Å²) in [7, 11) is 1.81. The van der Waals surface area contributed by atoms with Gasteiger partial charge in [0.05, 0.1) is 6.54 Å². The number of likely N-dealkylation sites (N-methyl/N-ethyl adjacent to an activating group) is 1. The molecule has 0 aromatic heterocycles. The van der Waals surface area contributed by atoms with E-state index in [0.717, 1.165) is 25.9 Å². The Hall–Kier alpha value is -1.30. The van der Waals surface area contributed by atoms with Gasteiger partial charge >= 0.3 is 0 Å². The van der Waals surface area contributed by atoms with Crippen LogP contribution >= 0.6 is 0 Å². The monoisotopic (exact) mass is 227 g/mol. The van der Waals surface area contributed by atoms with Crippen molar-refractivity contribution in [1.29, 1.82) is 0 Å². The van der Waals surface area contributed by atoms with E-state index in [4.69, 9.17) is 5.84 Å². The van der Waals surface area contributed by atoms with Gasteiger partial charge in [-0.15, -0.1) is 0 Å². The van der Waals surface area contributed by atoms with Gasteiger partial charge in [0.15, 0.2) is 0 Å². The Kier molecular flexibility index (Phi) is 5.04. The van der Waals surface area contributed by atoms with Crippen LogP contribution in [0.3, 0.4) is 0 Å². The summed E-state index contributed by atoms with van der Waals surface area (Å²) < 4.78 is 0. The quantitative estimate of drug-likeness (QED) is 0.221. The molecule has 6 heteroatoms. The highest BCUT2D eigenvalue weighted by molar-refractivity contribution is 5.87. The molecule has 0 spiro atoms. The van der Waals surface area contributed by atoms with Crippen LogP contribution in [0.5, 0.6) is 0 Å². The lowest BCUT2D eigenvalue weighted by atomic mass is 10.3. The average Bonchev–Trinajstić information content (AvgIpc) is 2.29. The molecule has 16 heavy (non-hydrogen) atoms. The number of hydrogen-bond acceptors (Lipinski definition) is 3. The Balaban J connectivity index is 2.53. The van der Waals surface area contributed by atoms with Gasteiger partial charge in [-0.3, -0.25) is 15.2 Å². The highest BCUT2D eigenvalue weighted by atomic mass is 16.2. The minimum Gasteiger partial charge on any atom is -0.342 e. The van der Waals surface area contributed by atoms with Crippen LogP contribution in [-0.2, 0) is 4.79 Å². The summed E-state index contributed by atoms with van der Waals surface area (Å²) in [6, 6.07) is 0. The molecule has 0 aromatic rings. The van der Waals surface area contributed by atoms with Crippen molar-refractivity contribution in [3.8, 4) is 0 Å². The first-order valence-corrected chi connectivity index (χ1v) is 5.69. The Labute approximate surface area is 96.5 Å². The van der Waals surface area contributed by atoms with Crippen LogP contribution in [0, 0.1) is 0 Å². The third kappa shape index (κ3) is 3.37. The molecule has 0 saturated carbocycles. The summed E-state index contributed by atoms with van der Waals surface area (Å²) in [5.41, 5.74) is 2.57. The van der Waals surface area contributed by atoms with Gasteiger partial charge in [0.25, 0.3) is 0 Å². The summed E-state index contributed by atoms with van der Waals surface area (Å²) in [5, 5.41) is 0. The van der Waals surface area contributed by atoms with Crippen molar-refractivity contribution in [2.75, 3.05) is 33.2 Å². The van der Waals surface area contributed by atoms with Gasteiger partial charge in [-0.1, -0.05) is 13.3 Å². The van der Waals surface area contributed by atoms with Gasteiger partial charge in [-0.05, 0) is 6.42 Å². The summed E-state index contributed by atoms with van der Waals surface area (Å²) in [4.78, 5) is 19.5. The second kappa shape index (κ2) is 6.32. The van der Waals surface area contributed by atoms with Crippen LogP contribution in [-0.4, -0.2) is 54.9 Å². The van der Waals surface area contributed by atoms with Crippen molar-refractivity contribution >= 4 is 11.9 Å². The number of rotatable bonds is 3. The maximum absolute atomic E-state index is 11.5. The molecule has 1 amide bonds. The second-order valence-electron chi connectivity index (χ2n) is 3.94. The molecule has 1 heterocycles. The van der Waals surface area contributed by atoms with Gasteiger partial charge < -0.3 is 9.80 Å². The molecule has 92 valence electrons. The van der Waals surface area contributed by atoms with Crippen molar-refractivity contribution in [2.45, 2.75) is 19.8 Å². The highest BCUT2D eigenvalue weighted by Gasteiger charge is 2.22. The number of nitrogens with two attached hydrogens (primary N) is 1. The molecule has 0 radical (unpaired) electrons. The zero-order valence-electron chi connectivity index (χ0n) is 10.1. The van der Waals surface area contributed by atoms with E-state index in [1.807, 2.05) is 11.9 Å². The smallest absolute Gasteiger partial charge is 0.242 e. The molecule has 1 saturated heterocycles. The number of guanidine groups is 1. The molecular formula is C10H21N5O. The van der Waals surface area contributed by atoms with Crippen LogP contribution in [0.4, 0.5) is 0 Å². The lowest BCUT2D eigenvalue weighted by molar-refractivity contribution is -0.132. The molecule has 0 aliphatic carbocycles. The van der Waals surface area contributed by atoms with Crippen molar-refractivity contribution in [3.05, 3.63) is 0 Å². The van der Waals surface area contributed by atoms with Gasteiger partial charge in [0, 0.05) is 26.7 Å². The molecule has 1 rings (SSSR count). The Morgan fingerprint density at radius 1 is 1.56 bits per heavy atom. The summed E-state index contributed by atoms with van der Waals surface area (Å²) in [6.45, 7) is 4.71. The number of hydrazine groups is 1. The van der Waals surface area contributed by atoms with Gasteiger partial charge in [-0.2, -0.15) is 0 Å². The summed E-state index contributed by atoms with van der Waals surface area (Å²) >= 11 is 0. The first-order chi connectivity index (χ1) is 7.69. The zero-order valence-corrected chi connectivity index (χ0v) is 10.1. The number of nitrogens with zero attached hydrogens (tertiary/aromatic N) is 3. The molecular weight excluding hydrogens is 206 g/mol. The number of carbonyl (C=O) groups is 1. The van der Waals surface area contributed by atoms with Crippen LogP contribution in [0.15, 0.2) is 4.99 Å². The molecule has 1 aliphatic heterocycles. The number of piperazine rings is 1. The standard InChI is InChI=1S/C10H21N5O/c1-3-4-5-12-10(13-11)15-7-6-14(2)9(16)8-15/h3-8,11H2,1-2H3,(H,12,13). The predicted octanol–water partition coefficient (Wildman–Crippen LogP) is -0.620. The summed E-state index contributed by atoms with van der Waals surface area (Å²) in [6.07, 6.45) is 2.13. The number of unbranched alkanes of at least 4 members (excludes halogenated alkanes) is 1. The van der Waals surface area contributed by atoms with E-state index in [1.54, 1.807) is 4.90 Å². The van der Waals surface area contributed by atoms with E-state index in [1.165, 1.54) is 0 Å². The molecule has 0 atom stereocenters. The third-order valence-electron chi connectivity index (χ3n) is 2.66. The third-order valence-corrected chi connectivity index (χ3v) is 2.66. The van der Waals surface area contributed by atoms with Crippen LogP contribution in [0.2, 0.25) is 0 Å². The molecule has 0 aromatic carbocycles. The van der Waals surface area contributed by atoms with E-state index in [2.05, 4.69) is 17.3 Å². The predicted molar refractivity (Wildman–Crippen MR) is 63.7 cm³/mol.